The van der Waals surface area contributed by atoms with E-state index in [1.165, 1.54) is 51.0 Å². The fourth-order valence-electron chi connectivity index (χ4n) is 3.79. The molecule has 1 aromatic heterocycles. The molecule has 200 valence electrons. The second-order valence-electron chi connectivity index (χ2n) is 8.26. The van der Waals surface area contributed by atoms with E-state index < -0.39 is 24.3 Å². The number of aromatic nitrogens is 1. The number of hydrogen-bond acceptors (Lipinski definition) is 6. The Balaban J connectivity index is 0.000000362. The summed E-state index contributed by atoms with van der Waals surface area (Å²) in [4.78, 5) is 27.2. The Labute approximate surface area is 198 Å². The molecule has 2 fully saturated rings. The summed E-state index contributed by atoms with van der Waals surface area (Å²) in [6, 6.07) is 4.22. The normalized spacial score (nSPS) is 18.3. The molecule has 2 aliphatic heterocycles. The topological polar surface area (TPSA) is 103 Å². The second-order valence-corrected chi connectivity index (χ2v) is 8.26. The van der Waals surface area contributed by atoms with Crippen molar-refractivity contribution in [3.05, 3.63) is 30.1 Å². The molecule has 3 rings (SSSR count). The Morgan fingerprint density at radius 3 is 1.89 bits per heavy atom. The van der Waals surface area contributed by atoms with Crippen molar-refractivity contribution in [2.45, 2.75) is 38.2 Å². The number of methoxy groups -OCH3 is 1. The van der Waals surface area contributed by atoms with Crippen molar-refractivity contribution < 1.29 is 50.9 Å². The number of hydrogen-bond donors (Lipinski definition) is 2. The second kappa shape index (κ2) is 13.6. The highest BCUT2D eigenvalue weighted by atomic mass is 19.4. The number of halogens is 6. The van der Waals surface area contributed by atoms with E-state index >= 15 is 0 Å². The van der Waals surface area contributed by atoms with E-state index in [0.717, 1.165) is 19.7 Å². The maximum atomic E-state index is 10.6. The lowest BCUT2D eigenvalue weighted by Crippen LogP contribution is -2.42. The smallest absolute Gasteiger partial charge is 0.475 e. The summed E-state index contributed by atoms with van der Waals surface area (Å²) in [7, 11) is 1.79. The van der Waals surface area contributed by atoms with Crippen molar-refractivity contribution >= 4 is 11.9 Å². The summed E-state index contributed by atoms with van der Waals surface area (Å²) in [6.45, 7) is 8.00. The van der Waals surface area contributed by atoms with E-state index in [9.17, 15) is 26.3 Å². The number of carboxylic acid groups (broad SMARTS) is 2. The van der Waals surface area contributed by atoms with Gasteiger partial charge in [0.25, 0.3) is 0 Å². The summed E-state index contributed by atoms with van der Waals surface area (Å²) in [6.07, 6.45) is -2.26. The van der Waals surface area contributed by atoms with Crippen molar-refractivity contribution in [3.63, 3.8) is 0 Å². The predicted molar refractivity (Wildman–Crippen MR) is 111 cm³/mol. The van der Waals surface area contributed by atoms with E-state index in [4.69, 9.17) is 24.5 Å². The molecule has 1 spiro atoms. The van der Waals surface area contributed by atoms with Gasteiger partial charge < -0.3 is 19.8 Å². The molecule has 2 aliphatic rings. The number of rotatable bonds is 5. The highest BCUT2D eigenvalue weighted by Gasteiger charge is 2.40. The molecule has 0 bridgehead atoms. The lowest BCUT2D eigenvalue weighted by atomic mass is 9.78. The average molecular weight is 517 g/mol. The van der Waals surface area contributed by atoms with Crippen LogP contribution in [0.2, 0.25) is 0 Å². The molecule has 0 saturated carbocycles. The Hall–Kier alpha value is -2.45. The lowest BCUT2D eigenvalue weighted by molar-refractivity contribution is -0.193. The summed E-state index contributed by atoms with van der Waals surface area (Å²) in [5.41, 5.74) is 1.92. The Morgan fingerprint density at radius 2 is 1.49 bits per heavy atom. The number of likely N-dealkylation sites (tertiary alicyclic amines) is 2. The van der Waals surface area contributed by atoms with Crippen molar-refractivity contribution in [1.82, 2.24) is 14.8 Å². The maximum absolute atomic E-state index is 10.6. The summed E-state index contributed by atoms with van der Waals surface area (Å²) in [5.74, 6) is -5.51. The molecule has 0 amide bonds. The predicted octanol–water partition coefficient (Wildman–Crippen LogP) is 3.28. The molecule has 2 saturated heterocycles. The molecule has 35 heavy (non-hydrogen) atoms. The van der Waals surface area contributed by atoms with Gasteiger partial charge in [-0.15, -0.1) is 0 Å². The Morgan fingerprint density at radius 1 is 1.00 bits per heavy atom. The zero-order valence-corrected chi connectivity index (χ0v) is 19.1. The number of nitrogens with zero attached hydrogens (tertiary/aromatic N) is 3. The van der Waals surface area contributed by atoms with Crippen LogP contribution in [0.5, 0.6) is 0 Å². The van der Waals surface area contributed by atoms with Crippen LogP contribution in [0.15, 0.2) is 24.5 Å². The van der Waals surface area contributed by atoms with Crippen LogP contribution in [0.3, 0.4) is 0 Å². The highest BCUT2D eigenvalue weighted by Crippen LogP contribution is 2.40. The molecule has 0 aliphatic carbocycles. The number of carbonyl (C=O) groups is 2. The van der Waals surface area contributed by atoms with Gasteiger partial charge in [0.05, 0.1) is 6.61 Å². The van der Waals surface area contributed by atoms with Gasteiger partial charge in [-0.05, 0) is 55.9 Å². The van der Waals surface area contributed by atoms with Gasteiger partial charge in [0.1, 0.15) is 0 Å². The van der Waals surface area contributed by atoms with E-state index in [2.05, 4.69) is 20.9 Å². The van der Waals surface area contributed by atoms with E-state index in [0.29, 0.717) is 5.41 Å². The van der Waals surface area contributed by atoms with Crippen LogP contribution in [0.1, 0.15) is 24.8 Å². The lowest BCUT2D eigenvalue weighted by Gasteiger charge is -2.39. The van der Waals surface area contributed by atoms with Crippen LogP contribution < -0.4 is 0 Å². The SMILES string of the molecule is COCCN1CCC2(CC1)CCN(Cc1cccnc1)C2.O=C(O)C(F)(F)F.O=C(O)C(F)(F)F. The number of piperidine rings is 1. The van der Waals surface area contributed by atoms with E-state index in [-0.39, 0.29) is 0 Å². The highest BCUT2D eigenvalue weighted by molar-refractivity contribution is 5.73. The van der Waals surface area contributed by atoms with Gasteiger partial charge in [-0.2, -0.15) is 26.3 Å². The largest absolute Gasteiger partial charge is 0.490 e. The minimum Gasteiger partial charge on any atom is -0.475 e. The number of alkyl halides is 6. The van der Waals surface area contributed by atoms with Crippen LogP contribution in [-0.2, 0) is 20.9 Å². The number of ether oxygens (including phenoxy) is 1. The van der Waals surface area contributed by atoms with Gasteiger partial charge in [0.2, 0.25) is 0 Å². The summed E-state index contributed by atoms with van der Waals surface area (Å²) < 4.78 is 68.7. The first-order valence-electron chi connectivity index (χ1n) is 10.6. The molecule has 8 nitrogen and oxygen atoms in total. The third kappa shape index (κ3) is 11.7. The van der Waals surface area contributed by atoms with Gasteiger partial charge in [0.15, 0.2) is 0 Å². The van der Waals surface area contributed by atoms with Crippen LogP contribution in [0.4, 0.5) is 26.3 Å². The van der Waals surface area contributed by atoms with Crippen LogP contribution in [-0.4, -0.2) is 95.7 Å². The quantitative estimate of drug-likeness (QED) is 0.574. The van der Waals surface area contributed by atoms with Crippen LogP contribution in [0, 0.1) is 5.41 Å². The van der Waals surface area contributed by atoms with Gasteiger partial charge in [0, 0.05) is 39.1 Å². The van der Waals surface area contributed by atoms with Crippen molar-refractivity contribution in [1.29, 1.82) is 0 Å². The molecule has 0 atom stereocenters. The van der Waals surface area contributed by atoms with Crippen molar-refractivity contribution in [3.8, 4) is 0 Å². The first-order chi connectivity index (χ1) is 16.2. The minimum absolute atomic E-state index is 0.575. The minimum atomic E-state index is -5.08. The average Bonchev–Trinajstić information content (AvgIpc) is 3.15. The zero-order chi connectivity index (χ0) is 26.7. The summed E-state index contributed by atoms with van der Waals surface area (Å²) >= 11 is 0. The third-order valence-corrected chi connectivity index (χ3v) is 5.66. The molecule has 0 radical (unpaired) electrons. The Kier molecular flexibility index (Phi) is 11.9. The van der Waals surface area contributed by atoms with Crippen LogP contribution >= 0.6 is 0 Å². The third-order valence-electron chi connectivity index (χ3n) is 5.66. The Bertz CT molecular complexity index is 760. The molecule has 3 heterocycles. The molecule has 14 heteroatoms. The van der Waals surface area contributed by atoms with Gasteiger partial charge in [-0.25, -0.2) is 9.59 Å². The van der Waals surface area contributed by atoms with Crippen LogP contribution in [0.25, 0.3) is 0 Å². The molecule has 0 unspecified atom stereocenters. The number of aliphatic carboxylic acids is 2. The molecular formula is C21H29F6N3O5. The van der Waals surface area contributed by atoms with Gasteiger partial charge >= 0.3 is 24.3 Å². The monoisotopic (exact) mass is 517 g/mol. The molecule has 1 aromatic rings. The zero-order valence-electron chi connectivity index (χ0n) is 19.1. The van der Waals surface area contributed by atoms with Gasteiger partial charge in [-0.1, -0.05) is 6.07 Å². The summed E-state index contributed by atoms with van der Waals surface area (Å²) in [5, 5.41) is 14.2. The fraction of sp³-hybridized carbons (Fsp3) is 0.667. The van der Waals surface area contributed by atoms with Gasteiger partial charge in [-0.3, -0.25) is 9.88 Å². The maximum Gasteiger partial charge on any atom is 0.490 e. The number of pyridine rings is 1. The molecule has 2 N–H and O–H groups in total. The van der Waals surface area contributed by atoms with Crippen molar-refractivity contribution in [2.75, 3.05) is 46.4 Å². The van der Waals surface area contributed by atoms with Crippen molar-refractivity contribution in [2.24, 2.45) is 5.41 Å². The fourth-order valence-corrected chi connectivity index (χ4v) is 3.79. The van der Waals surface area contributed by atoms with E-state index in [1.54, 1.807) is 7.11 Å². The first kappa shape index (κ1) is 30.6. The standard InChI is InChI=1S/C17H27N3O.2C2HF3O2/c1-21-12-11-19-8-4-17(5-9-19)6-10-20(15-17)14-16-3-2-7-18-13-16;2*3-2(4,5)1(6)7/h2-3,7,13H,4-6,8-12,14-15H2,1H3;2*(H,6,7). The molecular weight excluding hydrogens is 488 g/mol. The first-order valence-corrected chi connectivity index (χ1v) is 10.6. The van der Waals surface area contributed by atoms with E-state index in [1.807, 2.05) is 18.5 Å². The number of carboxylic acids is 2. The molecule has 0 aromatic carbocycles.